The Morgan fingerprint density at radius 3 is 3.14 bits per heavy atom. The zero-order valence-electron chi connectivity index (χ0n) is 12.8. The molecule has 0 saturated carbocycles. The standard InChI is InChI=1S/C15H20N4O2S/c1-10-16-14(18-17-10)11-4-3-7-19(8-11)15(20)13-6-5-12(21-13)9-22-2/h5-6,11H,3-4,7-9H2,1-2H3,(H,16,17,18). The molecule has 7 heteroatoms. The number of furan rings is 1. The van der Waals surface area contributed by atoms with Crippen LogP contribution in [0.3, 0.4) is 0 Å². The van der Waals surface area contributed by atoms with Gasteiger partial charge in [0.05, 0.1) is 5.75 Å². The van der Waals surface area contributed by atoms with Crippen LogP contribution in [0.5, 0.6) is 0 Å². The maximum absolute atomic E-state index is 12.6. The van der Waals surface area contributed by atoms with Crippen molar-refractivity contribution in [2.75, 3.05) is 19.3 Å². The average Bonchev–Trinajstić information content (AvgIpc) is 3.16. The van der Waals surface area contributed by atoms with Crippen molar-refractivity contribution in [3.8, 4) is 0 Å². The third-order valence-electron chi connectivity index (χ3n) is 3.85. The molecule has 118 valence electrons. The minimum Gasteiger partial charge on any atom is -0.455 e. The average molecular weight is 320 g/mol. The molecule has 0 radical (unpaired) electrons. The Morgan fingerprint density at radius 1 is 1.55 bits per heavy atom. The van der Waals surface area contributed by atoms with Crippen molar-refractivity contribution in [1.29, 1.82) is 0 Å². The van der Waals surface area contributed by atoms with Crippen LogP contribution in [0.25, 0.3) is 0 Å². The highest BCUT2D eigenvalue weighted by molar-refractivity contribution is 7.97. The van der Waals surface area contributed by atoms with E-state index in [0.717, 1.165) is 42.5 Å². The molecule has 1 saturated heterocycles. The molecular weight excluding hydrogens is 300 g/mol. The van der Waals surface area contributed by atoms with Crippen LogP contribution in [0.4, 0.5) is 0 Å². The van der Waals surface area contributed by atoms with Gasteiger partial charge in [-0.25, -0.2) is 4.98 Å². The number of nitrogens with one attached hydrogen (secondary N) is 1. The minimum absolute atomic E-state index is 0.0377. The number of carbonyl (C=O) groups is 1. The van der Waals surface area contributed by atoms with Crippen molar-refractivity contribution in [2.24, 2.45) is 0 Å². The molecule has 6 nitrogen and oxygen atoms in total. The number of likely N-dealkylation sites (tertiary alicyclic amines) is 1. The maximum atomic E-state index is 12.6. The highest BCUT2D eigenvalue weighted by atomic mass is 32.2. The zero-order valence-corrected chi connectivity index (χ0v) is 13.7. The summed E-state index contributed by atoms with van der Waals surface area (Å²) in [4.78, 5) is 18.8. The fraction of sp³-hybridized carbons (Fsp3) is 0.533. The van der Waals surface area contributed by atoms with E-state index in [4.69, 9.17) is 4.42 Å². The van der Waals surface area contributed by atoms with Gasteiger partial charge in [0.15, 0.2) is 11.6 Å². The van der Waals surface area contributed by atoms with E-state index in [2.05, 4.69) is 15.2 Å². The molecule has 1 unspecified atom stereocenters. The van der Waals surface area contributed by atoms with E-state index >= 15 is 0 Å². The predicted molar refractivity (Wildman–Crippen MR) is 84.9 cm³/mol. The number of aryl methyl sites for hydroxylation is 1. The van der Waals surface area contributed by atoms with E-state index in [1.807, 2.05) is 24.1 Å². The topological polar surface area (TPSA) is 75.0 Å². The Bertz CT molecular complexity index is 652. The summed E-state index contributed by atoms with van der Waals surface area (Å²) in [7, 11) is 0. The fourth-order valence-electron chi connectivity index (χ4n) is 2.78. The fourth-order valence-corrected chi connectivity index (χ4v) is 3.22. The molecule has 1 amide bonds. The van der Waals surface area contributed by atoms with Gasteiger partial charge >= 0.3 is 0 Å². The van der Waals surface area contributed by atoms with Crippen LogP contribution in [0.15, 0.2) is 16.5 Å². The number of aromatic nitrogens is 3. The molecular formula is C15H20N4O2S. The molecule has 1 N–H and O–H groups in total. The number of H-pyrrole nitrogens is 1. The summed E-state index contributed by atoms with van der Waals surface area (Å²) in [5.74, 6) is 3.83. The normalized spacial score (nSPS) is 18.6. The van der Waals surface area contributed by atoms with Crippen molar-refractivity contribution in [1.82, 2.24) is 20.1 Å². The lowest BCUT2D eigenvalue weighted by Crippen LogP contribution is -2.39. The van der Waals surface area contributed by atoms with Crippen molar-refractivity contribution in [3.05, 3.63) is 35.3 Å². The van der Waals surface area contributed by atoms with Crippen molar-refractivity contribution in [2.45, 2.75) is 31.4 Å². The molecule has 0 aliphatic carbocycles. The smallest absolute Gasteiger partial charge is 0.289 e. The van der Waals surface area contributed by atoms with Crippen LogP contribution in [0, 0.1) is 6.92 Å². The lowest BCUT2D eigenvalue weighted by atomic mass is 9.97. The Labute approximate surface area is 133 Å². The van der Waals surface area contributed by atoms with Crippen LogP contribution in [-0.2, 0) is 5.75 Å². The van der Waals surface area contributed by atoms with E-state index in [0.29, 0.717) is 12.3 Å². The molecule has 2 aromatic rings. The summed E-state index contributed by atoms with van der Waals surface area (Å²) in [6.45, 7) is 3.30. The molecule has 1 atom stereocenters. The Morgan fingerprint density at radius 2 is 2.41 bits per heavy atom. The summed E-state index contributed by atoms with van der Waals surface area (Å²) in [5.41, 5.74) is 0. The molecule has 1 aliphatic heterocycles. The van der Waals surface area contributed by atoms with Gasteiger partial charge in [-0.3, -0.25) is 9.89 Å². The number of carbonyl (C=O) groups excluding carboxylic acids is 1. The largest absolute Gasteiger partial charge is 0.455 e. The summed E-state index contributed by atoms with van der Waals surface area (Å²) < 4.78 is 5.63. The molecule has 3 heterocycles. The first-order valence-electron chi connectivity index (χ1n) is 7.43. The lowest BCUT2D eigenvalue weighted by molar-refractivity contribution is 0.0671. The van der Waals surface area contributed by atoms with Crippen LogP contribution in [0.1, 0.15) is 46.7 Å². The Balaban J connectivity index is 1.69. The van der Waals surface area contributed by atoms with Gasteiger partial charge in [-0.05, 0) is 38.2 Å². The van der Waals surface area contributed by atoms with Crippen molar-refractivity contribution < 1.29 is 9.21 Å². The van der Waals surface area contributed by atoms with Gasteiger partial charge < -0.3 is 9.32 Å². The number of thioether (sulfide) groups is 1. The number of aromatic amines is 1. The van der Waals surface area contributed by atoms with Crippen molar-refractivity contribution in [3.63, 3.8) is 0 Å². The van der Waals surface area contributed by atoms with E-state index < -0.39 is 0 Å². The van der Waals surface area contributed by atoms with E-state index in [-0.39, 0.29) is 11.8 Å². The molecule has 22 heavy (non-hydrogen) atoms. The summed E-state index contributed by atoms with van der Waals surface area (Å²) in [6.07, 6.45) is 3.98. The molecule has 1 aliphatic rings. The number of hydrogen-bond acceptors (Lipinski definition) is 5. The SMILES string of the molecule is CSCc1ccc(C(=O)N2CCCC(c3n[nH]c(C)n3)C2)o1. The summed E-state index contributed by atoms with van der Waals surface area (Å²) in [5, 5.41) is 7.11. The van der Waals surface area contributed by atoms with Crippen LogP contribution in [0.2, 0.25) is 0 Å². The van der Waals surface area contributed by atoms with Crippen molar-refractivity contribution >= 4 is 17.7 Å². The summed E-state index contributed by atoms with van der Waals surface area (Å²) in [6, 6.07) is 3.65. The molecule has 1 fully saturated rings. The van der Waals surface area contributed by atoms with Gasteiger partial charge in [0, 0.05) is 19.0 Å². The van der Waals surface area contributed by atoms with Crippen LogP contribution < -0.4 is 0 Å². The van der Waals surface area contributed by atoms with Gasteiger partial charge in [-0.2, -0.15) is 16.9 Å². The molecule has 2 aromatic heterocycles. The van der Waals surface area contributed by atoms with Gasteiger partial charge in [0.25, 0.3) is 5.91 Å². The van der Waals surface area contributed by atoms with Gasteiger partial charge in [-0.15, -0.1) is 0 Å². The zero-order chi connectivity index (χ0) is 15.5. The predicted octanol–water partition coefficient (Wildman–Crippen LogP) is 2.59. The number of piperidine rings is 1. The van der Waals surface area contributed by atoms with Crippen LogP contribution >= 0.6 is 11.8 Å². The van der Waals surface area contributed by atoms with Crippen LogP contribution in [-0.4, -0.2) is 45.3 Å². The molecule has 0 aromatic carbocycles. The van der Waals surface area contributed by atoms with E-state index in [9.17, 15) is 4.79 Å². The first-order chi connectivity index (χ1) is 10.7. The van der Waals surface area contributed by atoms with Gasteiger partial charge in [0.2, 0.25) is 0 Å². The number of rotatable bonds is 4. The number of nitrogens with zero attached hydrogens (tertiary/aromatic N) is 3. The molecule has 0 bridgehead atoms. The number of hydrogen-bond donors (Lipinski definition) is 1. The molecule has 0 spiro atoms. The third-order valence-corrected chi connectivity index (χ3v) is 4.42. The number of amides is 1. The second kappa shape index (κ2) is 6.56. The van der Waals surface area contributed by atoms with Gasteiger partial charge in [0.1, 0.15) is 11.6 Å². The molecule has 3 rings (SSSR count). The highest BCUT2D eigenvalue weighted by Crippen LogP contribution is 2.26. The summed E-state index contributed by atoms with van der Waals surface area (Å²) >= 11 is 1.68. The highest BCUT2D eigenvalue weighted by Gasteiger charge is 2.29. The first kappa shape index (κ1) is 15.1. The minimum atomic E-state index is -0.0377. The third kappa shape index (κ3) is 3.19. The maximum Gasteiger partial charge on any atom is 0.289 e. The first-order valence-corrected chi connectivity index (χ1v) is 8.82. The van der Waals surface area contributed by atoms with E-state index in [1.165, 1.54) is 0 Å². The Kier molecular flexibility index (Phi) is 4.52. The quantitative estimate of drug-likeness (QED) is 0.937. The Hall–Kier alpha value is -1.76. The second-order valence-electron chi connectivity index (χ2n) is 5.57. The lowest BCUT2D eigenvalue weighted by Gasteiger charge is -2.30. The monoisotopic (exact) mass is 320 g/mol. The van der Waals surface area contributed by atoms with E-state index in [1.54, 1.807) is 17.8 Å². The van der Waals surface area contributed by atoms with Gasteiger partial charge in [-0.1, -0.05) is 0 Å². The second-order valence-corrected chi connectivity index (χ2v) is 6.43.